The van der Waals surface area contributed by atoms with Gasteiger partial charge in [-0.25, -0.2) is 13.1 Å². The van der Waals surface area contributed by atoms with Crippen molar-refractivity contribution in [3.8, 4) is 5.75 Å². The van der Waals surface area contributed by atoms with Crippen molar-refractivity contribution in [3.05, 3.63) is 59.7 Å². The summed E-state index contributed by atoms with van der Waals surface area (Å²) in [7, 11) is -3.56. The molecule has 0 radical (unpaired) electrons. The van der Waals surface area contributed by atoms with Crippen LogP contribution in [0.5, 0.6) is 5.75 Å². The highest BCUT2D eigenvalue weighted by Crippen LogP contribution is 2.47. The Morgan fingerprint density at radius 3 is 2.62 bits per heavy atom. The number of rotatable bonds is 5. The highest BCUT2D eigenvalue weighted by molar-refractivity contribution is 7.89. The molecule has 4 nitrogen and oxygen atoms in total. The van der Waals surface area contributed by atoms with Crippen LogP contribution in [-0.2, 0) is 16.4 Å². The van der Waals surface area contributed by atoms with E-state index in [0.717, 1.165) is 29.7 Å². The second-order valence-corrected chi connectivity index (χ2v) is 8.47. The van der Waals surface area contributed by atoms with Crippen LogP contribution in [0.25, 0.3) is 0 Å². The first kappa shape index (κ1) is 15.7. The third-order valence-corrected chi connectivity index (χ3v) is 6.45. The number of benzene rings is 2. The van der Waals surface area contributed by atoms with Crippen molar-refractivity contribution in [2.75, 3.05) is 6.61 Å². The van der Waals surface area contributed by atoms with Gasteiger partial charge in [-0.3, -0.25) is 0 Å². The summed E-state index contributed by atoms with van der Waals surface area (Å²) in [5.41, 5.74) is 1.99. The molecule has 3 unspecified atom stereocenters. The van der Waals surface area contributed by atoms with Gasteiger partial charge in [-0.1, -0.05) is 37.3 Å². The lowest BCUT2D eigenvalue weighted by atomic mass is 10.0. The van der Waals surface area contributed by atoms with Crippen LogP contribution in [0.1, 0.15) is 30.5 Å². The quantitative estimate of drug-likeness (QED) is 0.906. The molecule has 24 heavy (non-hydrogen) atoms. The molecule has 0 spiro atoms. The standard InChI is InChI=1S/C19H21NO3S/c1-13-11-17(13)19(14-5-3-2-4-6-14)20-24(21,22)16-7-8-18-15(12-16)9-10-23-18/h2-8,12-13,17,19-20H,9-11H2,1H3. The third kappa shape index (κ3) is 2.94. The minimum atomic E-state index is -3.56. The van der Waals surface area contributed by atoms with Crippen LogP contribution in [-0.4, -0.2) is 15.0 Å². The van der Waals surface area contributed by atoms with Crippen LogP contribution in [0.15, 0.2) is 53.4 Å². The molecule has 1 aliphatic heterocycles. The molecule has 1 heterocycles. The molecule has 2 aromatic carbocycles. The SMILES string of the molecule is CC1CC1C(NS(=O)(=O)c1ccc2c(c1)CCO2)c1ccccc1. The van der Waals surface area contributed by atoms with E-state index in [0.29, 0.717) is 23.3 Å². The summed E-state index contributed by atoms with van der Waals surface area (Å²) >= 11 is 0. The van der Waals surface area contributed by atoms with Crippen molar-refractivity contribution in [3.63, 3.8) is 0 Å². The molecular formula is C19H21NO3S. The third-order valence-electron chi connectivity index (χ3n) is 5.01. The molecular weight excluding hydrogens is 322 g/mol. The molecule has 3 atom stereocenters. The Kier molecular flexibility index (Phi) is 3.85. The summed E-state index contributed by atoms with van der Waals surface area (Å²) in [5.74, 6) is 1.70. The van der Waals surface area contributed by atoms with Gasteiger partial charge in [0.15, 0.2) is 0 Å². The van der Waals surface area contributed by atoms with Crippen molar-refractivity contribution < 1.29 is 13.2 Å². The van der Waals surface area contributed by atoms with Crippen molar-refractivity contribution >= 4 is 10.0 Å². The molecule has 0 aromatic heterocycles. The molecule has 1 aliphatic carbocycles. The zero-order chi connectivity index (χ0) is 16.7. The number of sulfonamides is 1. The fraction of sp³-hybridized carbons (Fsp3) is 0.368. The molecule has 5 heteroatoms. The number of hydrogen-bond donors (Lipinski definition) is 1. The summed E-state index contributed by atoms with van der Waals surface area (Å²) < 4.78 is 34.2. The summed E-state index contributed by atoms with van der Waals surface area (Å²) in [5, 5.41) is 0. The molecule has 1 N–H and O–H groups in total. The topological polar surface area (TPSA) is 55.4 Å². The Morgan fingerprint density at radius 1 is 1.17 bits per heavy atom. The number of hydrogen-bond acceptors (Lipinski definition) is 3. The maximum atomic E-state index is 12.9. The first-order valence-electron chi connectivity index (χ1n) is 8.37. The summed E-state index contributed by atoms with van der Waals surface area (Å²) in [6.07, 6.45) is 1.82. The van der Waals surface area contributed by atoms with Gasteiger partial charge in [0.25, 0.3) is 0 Å². The van der Waals surface area contributed by atoms with Gasteiger partial charge in [0.05, 0.1) is 17.5 Å². The predicted molar refractivity (Wildman–Crippen MR) is 92.4 cm³/mol. The van der Waals surface area contributed by atoms with E-state index in [1.807, 2.05) is 30.3 Å². The highest BCUT2D eigenvalue weighted by Gasteiger charge is 2.42. The van der Waals surface area contributed by atoms with E-state index in [1.165, 1.54) is 0 Å². The van der Waals surface area contributed by atoms with Gasteiger partial charge in [-0.2, -0.15) is 0 Å². The summed E-state index contributed by atoms with van der Waals surface area (Å²) in [6.45, 7) is 2.79. The zero-order valence-corrected chi connectivity index (χ0v) is 14.4. The lowest BCUT2D eigenvalue weighted by Gasteiger charge is -2.19. The van der Waals surface area contributed by atoms with Gasteiger partial charge < -0.3 is 4.74 Å². The van der Waals surface area contributed by atoms with Crippen LogP contribution in [0.2, 0.25) is 0 Å². The second kappa shape index (κ2) is 5.90. The van der Waals surface area contributed by atoms with E-state index >= 15 is 0 Å². The van der Waals surface area contributed by atoms with Gasteiger partial charge >= 0.3 is 0 Å². The van der Waals surface area contributed by atoms with E-state index in [-0.39, 0.29) is 6.04 Å². The van der Waals surface area contributed by atoms with Gasteiger partial charge in [0, 0.05) is 6.42 Å². The van der Waals surface area contributed by atoms with Gasteiger partial charge in [-0.05, 0) is 47.6 Å². The van der Waals surface area contributed by atoms with Crippen LogP contribution in [0.3, 0.4) is 0 Å². The maximum absolute atomic E-state index is 12.9. The Hall–Kier alpha value is -1.85. The first-order valence-corrected chi connectivity index (χ1v) is 9.86. The monoisotopic (exact) mass is 343 g/mol. The fourth-order valence-corrected chi connectivity index (χ4v) is 4.77. The van der Waals surface area contributed by atoms with Gasteiger partial charge in [-0.15, -0.1) is 0 Å². The largest absolute Gasteiger partial charge is 0.493 e. The van der Waals surface area contributed by atoms with E-state index in [9.17, 15) is 8.42 Å². The van der Waals surface area contributed by atoms with E-state index in [2.05, 4.69) is 11.6 Å². The number of ether oxygens (including phenoxy) is 1. The highest BCUT2D eigenvalue weighted by atomic mass is 32.2. The molecule has 2 aromatic rings. The number of fused-ring (bicyclic) bond motifs is 1. The van der Waals surface area contributed by atoms with E-state index in [1.54, 1.807) is 18.2 Å². The first-order chi connectivity index (χ1) is 11.5. The summed E-state index contributed by atoms with van der Waals surface area (Å²) in [4.78, 5) is 0.320. The average Bonchev–Trinajstić information content (AvgIpc) is 3.11. The van der Waals surface area contributed by atoms with Crippen molar-refractivity contribution in [2.45, 2.75) is 30.7 Å². The molecule has 126 valence electrons. The van der Waals surface area contributed by atoms with Crippen molar-refractivity contribution in [2.24, 2.45) is 11.8 Å². The molecule has 0 bridgehead atoms. The zero-order valence-electron chi connectivity index (χ0n) is 13.6. The Bertz CT molecular complexity index is 848. The predicted octanol–water partition coefficient (Wildman–Crippen LogP) is 3.30. The molecule has 4 rings (SSSR count). The fourth-order valence-electron chi connectivity index (χ4n) is 3.44. The maximum Gasteiger partial charge on any atom is 0.241 e. The van der Waals surface area contributed by atoms with Gasteiger partial charge in [0.2, 0.25) is 10.0 Å². The Morgan fingerprint density at radius 2 is 1.92 bits per heavy atom. The minimum Gasteiger partial charge on any atom is -0.493 e. The second-order valence-electron chi connectivity index (χ2n) is 6.75. The molecule has 1 saturated carbocycles. The Labute approximate surface area is 142 Å². The van der Waals surface area contributed by atoms with Crippen molar-refractivity contribution in [1.82, 2.24) is 4.72 Å². The molecule has 0 saturated heterocycles. The molecule has 2 aliphatic rings. The lowest BCUT2D eigenvalue weighted by Crippen LogP contribution is -2.30. The smallest absolute Gasteiger partial charge is 0.241 e. The molecule has 0 amide bonds. The van der Waals surface area contributed by atoms with Crippen LogP contribution < -0.4 is 9.46 Å². The number of nitrogens with one attached hydrogen (secondary N) is 1. The minimum absolute atomic E-state index is 0.171. The lowest BCUT2D eigenvalue weighted by molar-refractivity contribution is 0.356. The Balaban J connectivity index is 1.64. The van der Waals surface area contributed by atoms with Crippen LogP contribution in [0.4, 0.5) is 0 Å². The van der Waals surface area contributed by atoms with Crippen LogP contribution in [0, 0.1) is 11.8 Å². The average molecular weight is 343 g/mol. The van der Waals surface area contributed by atoms with Crippen molar-refractivity contribution in [1.29, 1.82) is 0 Å². The van der Waals surface area contributed by atoms with Gasteiger partial charge in [0.1, 0.15) is 5.75 Å². The van der Waals surface area contributed by atoms with Crippen LogP contribution >= 0.6 is 0 Å². The van der Waals surface area contributed by atoms with E-state index < -0.39 is 10.0 Å². The normalized spacial score (nSPS) is 23.4. The van der Waals surface area contributed by atoms with E-state index in [4.69, 9.17) is 4.74 Å². The molecule has 1 fully saturated rings. The summed E-state index contributed by atoms with van der Waals surface area (Å²) in [6, 6.07) is 14.8.